The monoisotopic (exact) mass is 382 g/mol. The maximum Gasteiger partial charge on any atom is 0.257 e. The second kappa shape index (κ2) is 7.71. The molecule has 140 valence electrons. The second-order valence-electron chi connectivity index (χ2n) is 6.80. The molecule has 27 heavy (non-hydrogen) atoms. The first-order valence-corrected chi connectivity index (χ1v) is 9.83. The number of halogens is 1. The van der Waals surface area contributed by atoms with E-state index in [1.54, 1.807) is 0 Å². The highest BCUT2D eigenvalue weighted by atomic mass is 35.5. The molecule has 1 amide bonds. The quantitative estimate of drug-likeness (QED) is 0.748. The van der Waals surface area contributed by atoms with Crippen LogP contribution in [0.2, 0.25) is 5.15 Å². The molecule has 1 aliphatic rings. The molecule has 1 fully saturated rings. The Hall–Kier alpha value is -2.37. The zero-order valence-electron chi connectivity index (χ0n) is 15.4. The van der Waals surface area contributed by atoms with Crippen LogP contribution in [0.25, 0.3) is 16.7 Å². The predicted molar refractivity (Wildman–Crippen MR) is 109 cm³/mol. The summed E-state index contributed by atoms with van der Waals surface area (Å²) in [7, 11) is 0. The molecule has 1 aromatic carbocycles. The van der Waals surface area contributed by atoms with E-state index in [0.29, 0.717) is 23.8 Å². The lowest BCUT2D eigenvalue weighted by Gasteiger charge is -2.27. The molecular formula is C21H23ClN4O. The molecule has 0 unspecified atom stereocenters. The van der Waals surface area contributed by atoms with Gasteiger partial charge in [-0.05, 0) is 30.2 Å². The van der Waals surface area contributed by atoms with Crippen molar-refractivity contribution in [1.82, 2.24) is 19.8 Å². The van der Waals surface area contributed by atoms with Gasteiger partial charge < -0.3 is 10.2 Å². The van der Waals surface area contributed by atoms with Gasteiger partial charge in [0, 0.05) is 43.4 Å². The first-order valence-electron chi connectivity index (χ1n) is 9.45. The van der Waals surface area contributed by atoms with Crippen LogP contribution < -0.4 is 5.32 Å². The zero-order valence-corrected chi connectivity index (χ0v) is 16.2. The highest BCUT2D eigenvalue weighted by Gasteiger charge is 2.29. The maximum absolute atomic E-state index is 13.4. The Morgan fingerprint density at radius 2 is 1.93 bits per heavy atom. The number of hydrogen-bond donors (Lipinski definition) is 1. The number of piperazine rings is 1. The molecule has 0 spiro atoms. The normalized spacial score (nSPS) is 14.7. The summed E-state index contributed by atoms with van der Waals surface area (Å²) in [5.74, 6) is -0.00784. The highest BCUT2D eigenvalue weighted by Crippen LogP contribution is 2.35. The summed E-state index contributed by atoms with van der Waals surface area (Å²) >= 11 is 6.83. The molecule has 1 saturated heterocycles. The number of nitrogens with zero attached hydrogens (tertiary/aromatic N) is 3. The van der Waals surface area contributed by atoms with Gasteiger partial charge in [-0.2, -0.15) is 0 Å². The first kappa shape index (κ1) is 18.0. The number of carbonyl (C=O) groups is 1. The average Bonchev–Trinajstić information content (AvgIpc) is 3.02. The third-order valence-electron chi connectivity index (χ3n) is 5.03. The highest BCUT2D eigenvalue weighted by molar-refractivity contribution is 6.36. The zero-order chi connectivity index (χ0) is 18.8. The second-order valence-corrected chi connectivity index (χ2v) is 7.16. The lowest BCUT2D eigenvalue weighted by molar-refractivity contribution is 0.0738. The Bertz CT molecular complexity index is 961. The molecular weight excluding hydrogens is 360 g/mol. The lowest BCUT2D eigenvalue weighted by Crippen LogP contribution is -2.46. The van der Waals surface area contributed by atoms with Gasteiger partial charge in [-0.3, -0.25) is 9.36 Å². The van der Waals surface area contributed by atoms with Crippen LogP contribution in [0.1, 0.15) is 29.3 Å². The van der Waals surface area contributed by atoms with E-state index in [4.69, 9.17) is 11.6 Å². The fraction of sp³-hybridized carbons (Fsp3) is 0.333. The summed E-state index contributed by atoms with van der Waals surface area (Å²) in [6.45, 7) is 5.13. The summed E-state index contributed by atoms with van der Waals surface area (Å²) in [5.41, 5.74) is 3.36. The summed E-state index contributed by atoms with van der Waals surface area (Å²) in [5, 5.41) is 4.62. The molecule has 3 aromatic rings. The molecule has 6 heteroatoms. The fourth-order valence-corrected chi connectivity index (χ4v) is 4.10. The van der Waals surface area contributed by atoms with Crippen LogP contribution in [0, 0.1) is 0 Å². The van der Waals surface area contributed by atoms with Gasteiger partial charge in [-0.1, -0.05) is 43.1 Å². The van der Waals surface area contributed by atoms with Gasteiger partial charge in [-0.15, -0.1) is 0 Å². The maximum atomic E-state index is 13.4. The SMILES string of the molecule is CCCc1ccnc2c1c(C(=O)N1CCNCC1)c(Cl)n2-c1ccccc1. The average molecular weight is 383 g/mol. The number of aryl methyl sites for hydroxylation is 1. The van der Waals surface area contributed by atoms with Crippen LogP contribution in [0.5, 0.6) is 0 Å². The van der Waals surface area contributed by atoms with E-state index in [1.807, 2.05) is 52.1 Å². The van der Waals surface area contributed by atoms with Gasteiger partial charge in [0.15, 0.2) is 0 Å². The van der Waals surface area contributed by atoms with Crippen molar-refractivity contribution in [3.8, 4) is 5.69 Å². The van der Waals surface area contributed by atoms with Crippen LogP contribution in [-0.2, 0) is 6.42 Å². The number of amides is 1. The summed E-state index contributed by atoms with van der Waals surface area (Å²) in [6, 6.07) is 11.9. The molecule has 3 heterocycles. The van der Waals surface area contributed by atoms with Crippen LogP contribution in [0.3, 0.4) is 0 Å². The van der Waals surface area contributed by atoms with Crippen LogP contribution in [0.4, 0.5) is 0 Å². The minimum atomic E-state index is -0.00784. The molecule has 1 N–H and O–H groups in total. The van der Waals surface area contributed by atoms with E-state index in [2.05, 4.69) is 17.2 Å². The number of aromatic nitrogens is 2. The molecule has 2 aromatic heterocycles. The Morgan fingerprint density at radius 1 is 1.19 bits per heavy atom. The van der Waals surface area contributed by atoms with Crippen molar-refractivity contribution in [2.45, 2.75) is 19.8 Å². The van der Waals surface area contributed by atoms with E-state index < -0.39 is 0 Å². The standard InChI is InChI=1S/C21H23ClN4O/c1-2-6-15-9-10-24-20-17(15)18(21(27)25-13-11-23-12-14-25)19(22)26(20)16-7-4-3-5-8-16/h3-5,7-10,23H,2,6,11-14H2,1H3. The number of carbonyl (C=O) groups excluding carboxylic acids is 1. The molecule has 0 aliphatic carbocycles. The molecule has 5 nitrogen and oxygen atoms in total. The number of hydrogen-bond acceptors (Lipinski definition) is 3. The predicted octanol–water partition coefficient (Wildman–Crippen LogP) is 3.68. The number of fused-ring (bicyclic) bond motifs is 1. The van der Waals surface area contributed by atoms with E-state index in [9.17, 15) is 4.79 Å². The van der Waals surface area contributed by atoms with Gasteiger partial charge >= 0.3 is 0 Å². The van der Waals surface area contributed by atoms with E-state index in [-0.39, 0.29) is 5.91 Å². The van der Waals surface area contributed by atoms with Crippen LogP contribution >= 0.6 is 11.6 Å². The topological polar surface area (TPSA) is 50.2 Å². The van der Waals surface area contributed by atoms with Crippen molar-refractivity contribution in [2.75, 3.05) is 26.2 Å². The van der Waals surface area contributed by atoms with Crippen LogP contribution in [-0.4, -0.2) is 46.5 Å². The Morgan fingerprint density at radius 3 is 2.63 bits per heavy atom. The van der Waals surface area contributed by atoms with Crippen molar-refractivity contribution in [1.29, 1.82) is 0 Å². The van der Waals surface area contributed by atoms with E-state index in [1.165, 1.54) is 0 Å². The Labute approximate surface area is 163 Å². The fourth-order valence-electron chi connectivity index (χ4n) is 3.75. The van der Waals surface area contributed by atoms with Gasteiger partial charge in [0.05, 0.1) is 5.56 Å². The minimum absolute atomic E-state index is 0.00784. The molecule has 4 rings (SSSR count). The van der Waals surface area contributed by atoms with Gasteiger partial charge in [0.1, 0.15) is 10.8 Å². The molecule has 0 saturated carbocycles. The van der Waals surface area contributed by atoms with Gasteiger partial charge in [0.2, 0.25) is 0 Å². The Kier molecular flexibility index (Phi) is 5.14. The van der Waals surface area contributed by atoms with E-state index in [0.717, 1.165) is 48.2 Å². The van der Waals surface area contributed by atoms with Crippen molar-refractivity contribution in [2.24, 2.45) is 0 Å². The first-order chi connectivity index (χ1) is 13.2. The largest absolute Gasteiger partial charge is 0.336 e. The third-order valence-corrected chi connectivity index (χ3v) is 5.39. The lowest BCUT2D eigenvalue weighted by atomic mass is 10.0. The van der Waals surface area contributed by atoms with E-state index >= 15 is 0 Å². The number of nitrogens with one attached hydrogen (secondary N) is 1. The molecule has 0 bridgehead atoms. The summed E-state index contributed by atoms with van der Waals surface area (Å²) in [6.07, 6.45) is 3.69. The smallest absolute Gasteiger partial charge is 0.257 e. The number of benzene rings is 1. The number of para-hydroxylation sites is 1. The van der Waals surface area contributed by atoms with Crippen molar-refractivity contribution < 1.29 is 4.79 Å². The number of pyridine rings is 1. The third kappa shape index (κ3) is 3.22. The van der Waals surface area contributed by atoms with Crippen molar-refractivity contribution in [3.05, 3.63) is 58.9 Å². The minimum Gasteiger partial charge on any atom is -0.336 e. The summed E-state index contributed by atoms with van der Waals surface area (Å²) < 4.78 is 1.89. The summed E-state index contributed by atoms with van der Waals surface area (Å²) in [4.78, 5) is 19.9. The Balaban J connectivity index is 1.96. The number of rotatable bonds is 4. The van der Waals surface area contributed by atoms with Gasteiger partial charge in [-0.25, -0.2) is 4.98 Å². The molecule has 0 atom stereocenters. The molecule has 1 aliphatic heterocycles. The van der Waals surface area contributed by atoms with Crippen molar-refractivity contribution >= 4 is 28.5 Å². The van der Waals surface area contributed by atoms with Gasteiger partial charge in [0.25, 0.3) is 5.91 Å². The van der Waals surface area contributed by atoms with Crippen LogP contribution in [0.15, 0.2) is 42.6 Å². The van der Waals surface area contributed by atoms with Crippen molar-refractivity contribution in [3.63, 3.8) is 0 Å². The molecule has 0 radical (unpaired) electrons.